The van der Waals surface area contributed by atoms with Gasteiger partial charge in [-0.25, -0.2) is 4.79 Å². The average molecular weight is 568 g/mol. The molecule has 2 unspecified atom stereocenters. The summed E-state index contributed by atoms with van der Waals surface area (Å²) in [4.78, 5) is 57.5. The molecular weight excluding hydrogens is 533 g/mol. The molecule has 7 N–H and O–H groups in total. The summed E-state index contributed by atoms with van der Waals surface area (Å²) in [7, 11) is 0. The van der Waals surface area contributed by atoms with E-state index in [-0.39, 0.29) is 30.7 Å². The largest absolute Gasteiger partial charge is 0.575 e. The minimum Gasteiger partial charge on any atom is -0.480 e. The molecule has 214 valence electrons. The molecule has 0 saturated heterocycles. The third-order valence-electron chi connectivity index (χ3n) is 4.46. The third kappa shape index (κ3) is 18.8. The highest BCUT2D eigenvalue weighted by Crippen LogP contribution is 2.15. The molecular formula is C23H34F3N4O7S+. The fourth-order valence-corrected chi connectivity index (χ4v) is 3.31. The summed E-state index contributed by atoms with van der Waals surface area (Å²) < 4.78 is 35.4. The summed E-state index contributed by atoms with van der Waals surface area (Å²) in [5.74, 6) is -3.50. The number of nitrogens with one attached hydrogen (secondary N) is 3. The molecule has 0 saturated carbocycles. The van der Waals surface area contributed by atoms with Crippen LogP contribution in [0.1, 0.15) is 50.8 Å². The number of carboxylic acid groups (broad SMARTS) is 1. The zero-order valence-electron chi connectivity index (χ0n) is 21.1. The van der Waals surface area contributed by atoms with E-state index in [2.05, 4.69) is 26.4 Å². The highest BCUT2D eigenvalue weighted by atomic mass is 32.1. The van der Waals surface area contributed by atoms with Crippen molar-refractivity contribution in [3.05, 3.63) is 28.5 Å². The maximum Gasteiger partial charge on any atom is 0.575 e. The molecule has 0 aliphatic rings. The number of aliphatic carboxylic acids is 1. The first-order chi connectivity index (χ1) is 17.7. The normalized spacial score (nSPS) is 12.5. The lowest BCUT2D eigenvalue weighted by molar-refractivity contribution is -0.368. The standard InChI is InChI=1S/C20H30N4O5S.C3H3F3O2/c1-14(23-18(26)10-9-15-6-5-13-30-15)19(27)22-12-4-8-17(25)24-16(20(28)29)7-2-3-11-21;1-2(7)8-3(4,5)6/h5-6,9-10,13-14,16H,2-4,7-8,11-12,21H2,1H3,(H,22,27)(H,23,26)(H,24,25)(H,28,29);1H3/p+1/b10-9+;. The lowest BCUT2D eigenvalue weighted by atomic mass is 10.1. The monoisotopic (exact) mass is 567 g/mol. The van der Waals surface area contributed by atoms with Crippen LogP contribution in [0.2, 0.25) is 0 Å². The zero-order chi connectivity index (χ0) is 29.1. The smallest absolute Gasteiger partial charge is 0.480 e. The first-order valence-corrected chi connectivity index (χ1v) is 12.5. The van der Waals surface area contributed by atoms with Gasteiger partial charge in [0, 0.05) is 30.8 Å². The van der Waals surface area contributed by atoms with Gasteiger partial charge in [-0.3, -0.25) is 19.2 Å². The number of hydrogen-bond donors (Lipinski definition) is 5. The number of halogens is 3. The number of amides is 3. The molecule has 1 aromatic heterocycles. The SMILES string of the molecule is CC(=O)OC(F)(F)F.CC(NC(=O)/C=C/c1cccs1)C(=O)NCCCC(=O)NC(CCCC[NH3+])C(=O)O. The van der Waals surface area contributed by atoms with Crippen LogP contribution in [0.5, 0.6) is 0 Å². The van der Waals surface area contributed by atoms with Crippen LogP contribution >= 0.6 is 11.3 Å². The summed E-state index contributed by atoms with van der Waals surface area (Å²) in [5, 5.41) is 18.8. The number of ether oxygens (including phenoxy) is 1. The Morgan fingerprint density at radius 1 is 1.16 bits per heavy atom. The third-order valence-corrected chi connectivity index (χ3v) is 5.30. The highest BCUT2D eigenvalue weighted by molar-refractivity contribution is 7.10. The van der Waals surface area contributed by atoms with Gasteiger partial charge in [0.15, 0.2) is 0 Å². The Morgan fingerprint density at radius 2 is 1.84 bits per heavy atom. The van der Waals surface area contributed by atoms with E-state index in [1.54, 1.807) is 13.0 Å². The lowest BCUT2D eigenvalue weighted by Gasteiger charge is -2.15. The Hall–Kier alpha value is -3.46. The summed E-state index contributed by atoms with van der Waals surface area (Å²) in [5.41, 5.74) is 3.70. The first kappa shape index (κ1) is 34.5. The van der Waals surface area contributed by atoms with Gasteiger partial charge in [-0.1, -0.05) is 6.07 Å². The van der Waals surface area contributed by atoms with Crippen molar-refractivity contribution in [2.45, 2.75) is 64.4 Å². The summed E-state index contributed by atoms with van der Waals surface area (Å²) >= 11 is 1.50. The van der Waals surface area contributed by atoms with Crippen molar-refractivity contribution < 1.29 is 52.7 Å². The highest BCUT2D eigenvalue weighted by Gasteiger charge is 2.32. The van der Waals surface area contributed by atoms with Crippen LogP contribution in [0.15, 0.2) is 23.6 Å². The maximum absolute atomic E-state index is 12.0. The van der Waals surface area contributed by atoms with E-state index < -0.39 is 30.4 Å². The summed E-state index contributed by atoms with van der Waals surface area (Å²) in [6.45, 7) is 3.23. The summed E-state index contributed by atoms with van der Waals surface area (Å²) in [6.07, 6.45) is 0.540. The molecule has 2 atom stereocenters. The van der Waals surface area contributed by atoms with Gasteiger partial charge < -0.3 is 31.5 Å². The number of unbranched alkanes of at least 4 members (excludes halogenated alkanes) is 1. The van der Waals surface area contributed by atoms with Crippen molar-refractivity contribution in [3.63, 3.8) is 0 Å². The number of carboxylic acids is 1. The topological polar surface area (TPSA) is 179 Å². The van der Waals surface area contributed by atoms with Gasteiger partial charge in [-0.05, 0) is 50.1 Å². The number of carbonyl (C=O) groups is 5. The van der Waals surface area contributed by atoms with Gasteiger partial charge in [0.2, 0.25) is 17.7 Å². The Morgan fingerprint density at radius 3 is 2.34 bits per heavy atom. The molecule has 1 heterocycles. The second-order valence-electron chi connectivity index (χ2n) is 7.82. The molecule has 3 amide bonds. The Balaban J connectivity index is 0.00000147. The summed E-state index contributed by atoms with van der Waals surface area (Å²) in [6, 6.07) is 2.13. The van der Waals surface area contributed by atoms with E-state index in [0.717, 1.165) is 17.8 Å². The van der Waals surface area contributed by atoms with Gasteiger partial charge >= 0.3 is 18.3 Å². The van der Waals surface area contributed by atoms with Crippen molar-refractivity contribution >= 4 is 47.1 Å². The van der Waals surface area contributed by atoms with Crippen LogP contribution in [0.4, 0.5) is 13.2 Å². The van der Waals surface area contributed by atoms with E-state index in [9.17, 15) is 37.1 Å². The average Bonchev–Trinajstić information content (AvgIpc) is 3.32. The van der Waals surface area contributed by atoms with E-state index in [1.165, 1.54) is 17.4 Å². The quantitative estimate of drug-likeness (QED) is 0.127. The molecule has 38 heavy (non-hydrogen) atoms. The van der Waals surface area contributed by atoms with E-state index in [4.69, 9.17) is 5.11 Å². The Labute approximate surface area is 222 Å². The van der Waals surface area contributed by atoms with Crippen molar-refractivity contribution in [3.8, 4) is 0 Å². The van der Waals surface area contributed by atoms with Gasteiger partial charge in [0.05, 0.1) is 6.54 Å². The van der Waals surface area contributed by atoms with Crippen LogP contribution < -0.4 is 21.7 Å². The molecule has 11 nitrogen and oxygen atoms in total. The number of thiophene rings is 1. The number of quaternary nitrogens is 1. The van der Waals surface area contributed by atoms with Gasteiger partial charge in [-0.15, -0.1) is 24.5 Å². The van der Waals surface area contributed by atoms with Crippen LogP contribution in [0.3, 0.4) is 0 Å². The molecule has 0 radical (unpaired) electrons. The van der Waals surface area contributed by atoms with E-state index in [0.29, 0.717) is 26.2 Å². The molecule has 1 rings (SSSR count). The van der Waals surface area contributed by atoms with Crippen LogP contribution in [0, 0.1) is 0 Å². The molecule has 0 fully saturated rings. The van der Waals surface area contributed by atoms with Crippen LogP contribution in [-0.4, -0.2) is 66.3 Å². The van der Waals surface area contributed by atoms with Crippen LogP contribution in [-0.2, 0) is 28.7 Å². The molecule has 15 heteroatoms. The van der Waals surface area contributed by atoms with Crippen molar-refractivity contribution in [1.82, 2.24) is 16.0 Å². The zero-order valence-corrected chi connectivity index (χ0v) is 22.0. The lowest BCUT2D eigenvalue weighted by Crippen LogP contribution is -2.50. The van der Waals surface area contributed by atoms with Crippen molar-refractivity contribution in [1.29, 1.82) is 0 Å². The minimum atomic E-state index is -4.83. The number of hydrogen-bond acceptors (Lipinski definition) is 7. The molecule has 0 aliphatic carbocycles. The molecule has 1 aromatic rings. The van der Waals surface area contributed by atoms with E-state index >= 15 is 0 Å². The molecule has 0 spiro atoms. The van der Waals surface area contributed by atoms with Crippen molar-refractivity contribution in [2.24, 2.45) is 0 Å². The molecule has 0 aromatic carbocycles. The van der Waals surface area contributed by atoms with Crippen LogP contribution in [0.25, 0.3) is 6.08 Å². The fraction of sp³-hybridized carbons (Fsp3) is 0.522. The van der Waals surface area contributed by atoms with Gasteiger partial charge in [0.1, 0.15) is 12.1 Å². The second-order valence-corrected chi connectivity index (χ2v) is 8.80. The maximum atomic E-state index is 12.0. The Bertz CT molecular complexity index is 925. The first-order valence-electron chi connectivity index (χ1n) is 11.6. The number of alkyl halides is 3. The minimum absolute atomic E-state index is 0.101. The predicted octanol–water partition coefficient (Wildman–Crippen LogP) is 1.21. The number of carbonyl (C=O) groups excluding carboxylic acids is 4. The van der Waals surface area contributed by atoms with Gasteiger partial charge in [0.25, 0.3) is 0 Å². The van der Waals surface area contributed by atoms with E-state index in [1.807, 2.05) is 17.5 Å². The molecule has 0 bridgehead atoms. The fourth-order valence-electron chi connectivity index (χ4n) is 2.70. The number of rotatable bonds is 14. The Kier molecular flexibility index (Phi) is 17.0. The number of esters is 1. The van der Waals surface area contributed by atoms with Gasteiger partial charge in [-0.2, -0.15) is 0 Å². The second kappa shape index (κ2) is 18.7. The van der Waals surface area contributed by atoms with Crippen molar-refractivity contribution in [2.75, 3.05) is 13.1 Å². The predicted molar refractivity (Wildman–Crippen MR) is 132 cm³/mol. The molecule has 0 aliphatic heterocycles.